The van der Waals surface area contributed by atoms with E-state index in [9.17, 15) is 5.26 Å². The number of benzene rings is 1. The molecule has 5 nitrogen and oxygen atoms in total. The van der Waals surface area contributed by atoms with Crippen molar-refractivity contribution in [2.75, 3.05) is 5.32 Å². The first-order valence-electron chi connectivity index (χ1n) is 7.34. The normalized spacial score (nSPS) is 11.0. The fourth-order valence-corrected chi connectivity index (χ4v) is 2.81. The molecule has 0 aliphatic heterocycles. The highest BCUT2D eigenvalue weighted by atomic mass is 16.3. The Bertz CT molecular complexity index is 1040. The summed E-state index contributed by atoms with van der Waals surface area (Å²) in [7, 11) is 0. The SMILES string of the molecule is Cc1cc(NCc2ccoc2)n2c(nc3ccccc32)c1C#N. The van der Waals surface area contributed by atoms with Gasteiger partial charge in [-0.2, -0.15) is 5.26 Å². The molecule has 5 heteroatoms. The Hall–Kier alpha value is -3.26. The van der Waals surface area contributed by atoms with Crippen LogP contribution in [0.2, 0.25) is 0 Å². The lowest BCUT2D eigenvalue weighted by molar-refractivity contribution is 0.564. The van der Waals surface area contributed by atoms with Crippen molar-refractivity contribution in [3.8, 4) is 6.07 Å². The molecule has 4 aromatic rings. The number of nitriles is 1. The number of pyridine rings is 1. The van der Waals surface area contributed by atoms with E-state index in [2.05, 4.69) is 16.4 Å². The molecule has 3 heterocycles. The van der Waals surface area contributed by atoms with E-state index in [1.165, 1.54) is 0 Å². The largest absolute Gasteiger partial charge is 0.472 e. The predicted octanol–water partition coefficient (Wildman–Crippen LogP) is 3.87. The monoisotopic (exact) mass is 302 g/mol. The molecule has 23 heavy (non-hydrogen) atoms. The molecular weight excluding hydrogens is 288 g/mol. The van der Waals surface area contributed by atoms with Crippen LogP contribution in [0.5, 0.6) is 0 Å². The number of aromatic nitrogens is 2. The fourth-order valence-electron chi connectivity index (χ4n) is 2.81. The van der Waals surface area contributed by atoms with Gasteiger partial charge in [-0.3, -0.25) is 4.40 Å². The van der Waals surface area contributed by atoms with Crippen molar-refractivity contribution in [2.45, 2.75) is 13.5 Å². The molecule has 112 valence electrons. The van der Waals surface area contributed by atoms with Gasteiger partial charge < -0.3 is 9.73 Å². The van der Waals surface area contributed by atoms with Crippen molar-refractivity contribution < 1.29 is 4.42 Å². The van der Waals surface area contributed by atoms with Crippen molar-refractivity contribution in [3.63, 3.8) is 0 Å². The van der Waals surface area contributed by atoms with Crippen LogP contribution < -0.4 is 5.32 Å². The lowest BCUT2D eigenvalue weighted by atomic mass is 10.1. The minimum atomic E-state index is 0.607. The third kappa shape index (κ3) is 2.12. The fraction of sp³-hybridized carbons (Fsp3) is 0.111. The van der Waals surface area contributed by atoms with Crippen molar-refractivity contribution in [1.82, 2.24) is 9.38 Å². The van der Waals surface area contributed by atoms with E-state index in [1.54, 1.807) is 12.5 Å². The molecule has 0 aliphatic carbocycles. The molecule has 0 amide bonds. The van der Waals surface area contributed by atoms with Crippen LogP contribution >= 0.6 is 0 Å². The van der Waals surface area contributed by atoms with Crippen LogP contribution in [0.15, 0.2) is 53.3 Å². The van der Waals surface area contributed by atoms with Gasteiger partial charge in [0.1, 0.15) is 11.9 Å². The van der Waals surface area contributed by atoms with E-state index in [4.69, 9.17) is 4.42 Å². The van der Waals surface area contributed by atoms with Gasteiger partial charge in [-0.15, -0.1) is 0 Å². The lowest BCUT2D eigenvalue weighted by Gasteiger charge is -2.11. The Morgan fingerprint density at radius 1 is 1.30 bits per heavy atom. The molecule has 4 rings (SSSR count). The standard InChI is InChI=1S/C18H14N4O/c1-12-8-17(20-10-13-6-7-23-11-13)22-16-5-3-2-4-15(16)21-18(22)14(12)9-19/h2-8,11,20H,10H2,1H3. The topological polar surface area (TPSA) is 66.3 Å². The second-order valence-corrected chi connectivity index (χ2v) is 5.44. The van der Waals surface area contributed by atoms with Crippen molar-refractivity contribution in [1.29, 1.82) is 5.26 Å². The molecule has 3 aromatic heterocycles. The zero-order chi connectivity index (χ0) is 15.8. The molecule has 0 aliphatic rings. The molecular formula is C18H14N4O. The first-order chi connectivity index (χ1) is 11.3. The number of nitrogens with zero attached hydrogens (tertiary/aromatic N) is 3. The van der Waals surface area contributed by atoms with Crippen LogP contribution in [0.25, 0.3) is 16.7 Å². The maximum absolute atomic E-state index is 9.48. The molecule has 0 bridgehead atoms. The van der Waals surface area contributed by atoms with Gasteiger partial charge in [-0.1, -0.05) is 12.1 Å². The Morgan fingerprint density at radius 3 is 2.96 bits per heavy atom. The number of nitrogens with one attached hydrogen (secondary N) is 1. The number of hydrogen-bond acceptors (Lipinski definition) is 4. The summed E-state index contributed by atoms with van der Waals surface area (Å²) < 4.78 is 7.10. The van der Waals surface area contributed by atoms with Gasteiger partial charge in [0, 0.05) is 12.1 Å². The van der Waals surface area contributed by atoms with Crippen molar-refractivity contribution >= 4 is 22.5 Å². The van der Waals surface area contributed by atoms with Crippen LogP contribution in [0.4, 0.5) is 5.82 Å². The third-order valence-electron chi connectivity index (χ3n) is 3.94. The second-order valence-electron chi connectivity index (χ2n) is 5.44. The van der Waals surface area contributed by atoms with Gasteiger partial charge in [0.2, 0.25) is 0 Å². The number of anilines is 1. The Kier molecular flexibility index (Phi) is 3.02. The number of hydrogen-bond donors (Lipinski definition) is 1. The van der Waals surface area contributed by atoms with E-state index < -0.39 is 0 Å². The summed E-state index contributed by atoms with van der Waals surface area (Å²) in [4.78, 5) is 4.63. The van der Waals surface area contributed by atoms with Crippen LogP contribution in [0.3, 0.4) is 0 Å². The Labute approximate surface area is 132 Å². The van der Waals surface area contributed by atoms with E-state index in [-0.39, 0.29) is 0 Å². The Morgan fingerprint density at radius 2 is 2.17 bits per heavy atom. The molecule has 0 spiro atoms. The summed E-state index contributed by atoms with van der Waals surface area (Å²) in [5.41, 5.74) is 5.11. The number of aryl methyl sites for hydroxylation is 1. The molecule has 1 aromatic carbocycles. The van der Waals surface area contributed by atoms with Gasteiger partial charge >= 0.3 is 0 Å². The maximum atomic E-state index is 9.48. The number of furan rings is 1. The second kappa shape index (κ2) is 5.18. The van der Waals surface area contributed by atoms with Crippen molar-refractivity contribution in [3.05, 3.63) is 65.6 Å². The number of imidazole rings is 1. The quantitative estimate of drug-likeness (QED) is 0.624. The first kappa shape index (κ1) is 13.4. The van der Waals surface area contributed by atoms with Crippen LogP contribution in [-0.2, 0) is 6.54 Å². The molecule has 0 fully saturated rings. The molecule has 0 atom stereocenters. The van der Waals surface area contributed by atoms with Crippen LogP contribution in [0.1, 0.15) is 16.7 Å². The number of rotatable bonds is 3. The average Bonchev–Trinajstić information content (AvgIpc) is 3.20. The van der Waals surface area contributed by atoms with Gasteiger partial charge in [-0.05, 0) is 36.8 Å². The molecule has 0 saturated heterocycles. The number of fused-ring (bicyclic) bond motifs is 3. The summed E-state index contributed by atoms with van der Waals surface area (Å²) in [6.45, 7) is 2.57. The smallest absolute Gasteiger partial charge is 0.157 e. The summed E-state index contributed by atoms with van der Waals surface area (Å²) in [6.07, 6.45) is 3.37. The van der Waals surface area contributed by atoms with E-state index in [1.807, 2.05) is 47.7 Å². The molecule has 0 radical (unpaired) electrons. The first-order valence-corrected chi connectivity index (χ1v) is 7.34. The Balaban J connectivity index is 1.94. The molecule has 0 saturated carbocycles. The lowest BCUT2D eigenvalue weighted by Crippen LogP contribution is -2.05. The third-order valence-corrected chi connectivity index (χ3v) is 3.94. The highest BCUT2D eigenvalue weighted by Gasteiger charge is 2.14. The minimum Gasteiger partial charge on any atom is -0.472 e. The zero-order valence-corrected chi connectivity index (χ0v) is 12.6. The highest BCUT2D eigenvalue weighted by molar-refractivity contribution is 5.85. The summed E-state index contributed by atoms with van der Waals surface area (Å²) >= 11 is 0. The highest BCUT2D eigenvalue weighted by Crippen LogP contribution is 2.26. The molecule has 0 unspecified atom stereocenters. The van der Waals surface area contributed by atoms with Gasteiger partial charge in [0.15, 0.2) is 5.65 Å². The zero-order valence-electron chi connectivity index (χ0n) is 12.6. The van der Waals surface area contributed by atoms with E-state index in [0.29, 0.717) is 17.8 Å². The van der Waals surface area contributed by atoms with E-state index >= 15 is 0 Å². The van der Waals surface area contributed by atoms with Crippen LogP contribution in [-0.4, -0.2) is 9.38 Å². The summed E-state index contributed by atoms with van der Waals surface area (Å²) in [5, 5.41) is 12.9. The minimum absolute atomic E-state index is 0.607. The summed E-state index contributed by atoms with van der Waals surface area (Å²) in [6, 6.07) is 14.1. The number of para-hydroxylation sites is 2. The maximum Gasteiger partial charge on any atom is 0.157 e. The predicted molar refractivity (Wildman–Crippen MR) is 88.2 cm³/mol. The van der Waals surface area contributed by atoms with Gasteiger partial charge in [-0.25, -0.2) is 4.98 Å². The summed E-state index contributed by atoms with van der Waals surface area (Å²) in [5.74, 6) is 0.909. The van der Waals surface area contributed by atoms with Crippen molar-refractivity contribution in [2.24, 2.45) is 0 Å². The van der Waals surface area contributed by atoms with Gasteiger partial charge in [0.25, 0.3) is 0 Å². The van der Waals surface area contributed by atoms with Gasteiger partial charge in [0.05, 0.1) is 29.1 Å². The van der Waals surface area contributed by atoms with Crippen LogP contribution in [0, 0.1) is 18.3 Å². The average molecular weight is 302 g/mol. The van der Waals surface area contributed by atoms with E-state index in [0.717, 1.165) is 28.0 Å². The molecule has 1 N–H and O–H groups in total.